The highest BCUT2D eigenvalue weighted by Gasteiger charge is 2.00. The molecular weight excluding hydrogens is 296 g/mol. The van der Waals surface area contributed by atoms with Crippen molar-refractivity contribution in [2.24, 2.45) is 0 Å². The van der Waals surface area contributed by atoms with Crippen molar-refractivity contribution in [3.8, 4) is 0 Å². The summed E-state index contributed by atoms with van der Waals surface area (Å²) in [5.41, 5.74) is 4.20. The first-order valence-electron chi connectivity index (χ1n) is 7.81. The van der Waals surface area contributed by atoms with E-state index < -0.39 is 0 Å². The van der Waals surface area contributed by atoms with Crippen LogP contribution in [0, 0.1) is 0 Å². The van der Waals surface area contributed by atoms with E-state index in [2.05, 4.69) is 10.3 Å². The second-order valence-electron chi connectivity index (χ2n) is 5.46. The van der Waals surface area contributed by atoms with Crippen molar-refractivity contribution in [2.75, 3.05) is 5.32 Å². The molecule has 0 saturated carbocycles. The van der Waals surface area contributed by atoms with Crippen LogP contribution in [0.1, 0.15) is 16.7 Å². The van der Waals surface area contributed by atoms with Gasteiger partial charge in [-0.1, -0.05) is 42.5 Å². The summed E-state index contributed by atoms with van der Waals surface area (Å²) in [6.07, 6.45) is 7.78. The highest BCUT2D eigenvalue weighted by Crippen LogP contribution is 2.13. The van der Waals surface area contributed by atoms with E-state index in [1.807, 2.05) is 66.7 Å². The van der Waals surface area contributed by atoms with Crippen LogP contribution in [0.15, 0.2) is 85.2 Å². The van der Waals surface area contributed by atoms with E-state index in [0.29, 0.717) is 0 Å². The Morgan fingerprint density at radius 1 is 0.875 bits per heavy atom. The molecule has 1 aromatic heterocycles. The molecule has 1 heterocycles. The molecule has 0 atom stereocenters. The zero-order valence-corrected chi connectivity index (χ0v) is 13.2. The lowest BCUT2D eigenvalue weighted by Crippen LogP contribution is -2.07. The second-order valence-corrected chi connectivity index (χ2v) is 5.46. The summed E-state index contributed by atoms with van der Waals surface area (Å²) in [7, 11) is 0. The molecule has 1 N–H and O–H groups in total. The summed E-state index contributed by atoms with van der Waals surface area (Å²) < 4.78 is 0. The lowest BCUT2D eigenvalue weighted by molar-refractivity contribution is -0.111. The maximum atomic E-state index is 12.0. The molecule has 0 spiro atoms. The molecule has 3 nitrogen and oxygen atoms in total. The quantitative estimate of drug-likeness (QED) is 0.712. The minimum Gasteiger partial charge on any atom is -0.323 e. The molecule has 0 bridgehead atoms. The average Bonchev–Trinajstić information content (AvgIpc) is 2.63. The van der Waals surface area contributed by atoms with Gasteiger partial charge in [-0.15, -0.1) is 0 Å². The van der Waals surface area contributed by atoms with Crippen molar-refractivity contribution in [3.63, 3.8) is 0 Å². The Balaban J connectivity index is 1.58. The molecule has 0 aliphatic rings. The van der Waals surface area contributed by atoms with Crippen LogP contribution in [0.4, 0.5) is 5.69 Å². The van der Waals surface area contributed by atoms with Gasteiger partial charge in [0.2, 0.25) is 5.91 Å². The third kappa shape index (κ3) is 4.65. The Bertz CT molecular complexity index is 809. The summed E-state index contributed by atoms with van der Waals surface area (Å²) in [6.45, 7) is 0. The molecule has 3 rings (SSSR count). The van der Waals surface area contributed by atoms with E-state index in [9.17, 15) is 4.79 Å². The molecule has 118 valence electrons. The lowest BCUT2D eigenvalue weighted by Gasteiger charge is -2.05. The number of nitrogens with one attached hydrogen (secondary N) is 1. The summed E-state index contributed by atoms with van der Waals surface area (Å²) in [4.78, 5) is 16.0. The van der Waals surface area contributed by atoms with Crippen LogP contribution >= 0.6 is 0 Å². The van der Waals surface area contributed by atoms with Crippen LogP contribution in [0.3, 0.4) is 0 Å². The topological polar surface area (TPSA) is 42.0 Å². The number of nitrogens with zero attached hydrogens (tertiary/aromatic N) is 1. The summed E-state index contributed by atoms with van der Waals surface area (Å²) in [6, 6.07) is 21.6. The highest BCUT2D eigenvalue weighted by atomic mass is 16.1. The SMILES string of the molecule is O=C(/C=C/c1ccccc1)Nc1ccc(Cc2ccncc2)cc1. The van der Waals surface area contributed by atoms with E-state index in [4.69, 9.17) is 0 Å². The summed E-state index contributed by atoms with van der Waals surface area (Å²) >= 11 is 0. The zero-order chi connectivity index (χ0) is 16.6. The van der Waals surface area contributed by atoms with Gasteiger partial charge in [-0.2, -0.15) is 0 Å². The number of carbonyl (C=O) groups is 1. The van der Waals surface area contributed by atoms with Gasteiger partial charge < -0.3 is 5.32 Å². The molecule has 1 amide bonds. The van der Waals surface area contributed by atoms with Crippen molar-refractivity contribution < 1.29 is 4.79 Å². The number of rotatable bonds is 5. The predicted molar refractivity (Wildman–Crippen MR) is 97.6 cm³/mol. The number of benzene rings is 2. The van der Waals surface area contributed by atoms with Gasteiger partial charge in [0.15, 0.2) is 0 Å². The monoisotopic (exact) mass is 314 g/mol. The van der Waals surface area contributed by atoms with Crippen LogP contribution in [0.2, 0.25) is 0 Å². The Morgan fingerprint density at radius 3 is 2.25 bits per heavy atom. The molecule has 3 aromatic rings. The normalized spacial score (nSPS) is 10.7. The molecule has 24 heavy (non-hydrogen) atoms. The molecule has 0 saturated heterocycles. The minimum absolute atomic E-state index is 0.138. The Morgan fingerprint density at radius 2 is 1.54 bits per heavy atom. The second kappa shape index (κ2) is 7.88. The Labute approximate surface area is 141 Å². The molecule has 0 fully saturated rings. The largest absolute Gasteiger partial charge is 0.323 e. The highest BCUT2D eigenvalue weighted by molar-refractivity contribution is 6.01. The fourth-order valence-corrected chi connectivity index (χ4v) is 2.36. The van der Waals surface area contributed by atoms with Gasteiger partial charge in [0, 0.05) is 24.2 Å². The van der Waals surface area contributed by atoms with Gasteiger partial charge in [-0.3, -0.25) is 9.78 Å². The maximum Gasteiger partial charge on any atom is 0.248 e. The van der Waals surface area contributed by atoms with Crippen LogP contribution < -0.4 is 5.32 Å². The number of carbonyl (C=O) groups excluding carboxylic acids is 1. The van der Waals surface area contributed by atoms with Crippen molar-refractivity contribution in [3.05, 3.63) is 102 Å². The van der Waals surface area contributed by atoms with E-state index in [0.717, 1.165) is 17.7 Å². The molecule has 0 aliphatic carbocycles. The first-order valence-corrected chi connectivity index (χ1v) is 7.81. The predicted octanol–water partition coefficient (Wildman–Crippen LogP) is 4.32. The van der Waals surface area contributed by atoms with Crippen molar-refractivity contribution in [1.82, 2.24) is 4.98 Å². The van der Waals surface area contributed by atoms with Crippen molar-refractivity contribution in [1.29, 1.82) is 0 Å². The van der Waals surface area contributed by atoms with Crippen LogP contribution in [-0.4, -0.2) is 10.9 Å². The lowest BCUT2D eigenvalue weighted by atomic mass is 10.1. The number of pyridine rings is 1. The number of amides is 1. The van der Waals surface area contributed by atoms with Crippen molar-refractivity contribution in [2.45, 2.75) is 6.42 Å². The first kappa shape index (κ1) is 15.7. The van der Waals surface area contributed by atoms with Crippen LogP contribution in [0.25, 0.3) is 6.08 Å². The molecular formula is C21H18N2O. The van der Waals surface area contributed by atoms with E-state index in [1.165, 1.54) is 11.1 Å². The average molecular weight is 314 g/mol. The van der Waals surface area contributed by atoms with Gasteiger partial charge >= 0.3 is 0 Å². The van der Waals surface area contributed by atoms with Crippen LogP contribution in [0.5, 0.6) is 0 Å². The van der Waals surface area contributed by atoms with Crippen molar-refractivity contribution >= 4 is 17.7 Å². The molecule has 0 unspecified atom stereocenters. The molecule has 0 radical (unpaired) electrons. The molecule has 2 aromatic carbocycles. The number of aromatic nitrogens is 1. The zero-order valence-electron chi connectivity index (χ0n) is 13.2. The number of anilines is 1. The standard InChI is InChI=1S/C21H18N2O/c24-21(11-8-17-4-2-1-3-5-17)23-20-9-6-18(7-10-20)16-19-12-14-22-15-13-19/h1-15H,16H2,(H,23,24)/b11-8+. The summed E-state index contributed by atoms with van der Waals surface area (Å²) in [5.74, 6) is -0.138. The summed E-state index contributed by atoms with van der Waals surface area (Å²) in [5, 5.41) is 2.87. The molecule has 3 heteroatoms. The maximum absolute atomic E-state index is 12.0. The van der Waals surface area contributed by atoms with Crippen LogP contribution in [-0.2, 0) is 11.2 Å². The Hall–Kier alpha value is -3.20. The van der Waals surface area contributed by atoms with Gasteiger partial charge in [0.05, 0.1) is 0 Å². The fraction of sp³-hybridized carbons (Fsp3) is 0.0476. The number of hydrogen-bond donors (Lipinski definition) is 1. The third-order valence-electron chi connectivity index (χ3n) is 3.61. The Kier molecular flexibility index (Phi) is 5.15. The van der Waals surface area contributed by atoms with E-state index in [1.54, 1.807) is 24.5 Å². The van der Waals surface area contributed by atoms with Gasteiger partial charge in [-0.25, -0.2) is 0 Å². The van der Waals surface area contributed by atoms with Gasteiger partial charge in [-0.05, 0) is 53.5 Å². The van der Waals surface area contributed by atoms with E-state index in [-0.39, 0.29) is 5.91 Å². The molecule has 0 aliphatic heterocycles. The first-order chi connectivity index (χ1) is 11.8. The number of hydrogen-bond acceptors (Lipinski definition) is 2. The van der Waals surface area contributed by atoms with Gasteiger partial charge in [0.25, 0.3) is 0 Å². The third-order valence-corrected chi connectivity index (χ3v) is 3.61. The minimum atomic E-state index is -0.138. The van der Waals surface area contributed by atoms with E-state index >= 15 is 0 Å². The smallest absolute Gasteiger partial charge is 0.248 e. The fourth-order valence-electron chi connectivity index (χ4n) is 2.36. The van der Waals surface area contributed by atoms with Gasteiger partial charge in [0.1, 0.15) is 0 Å².